The van der Waals surface area contributed by atoms with Gasteiger partial charge in [-0.05, 0) is 6.07 Å². The van der Waals surface area contributed by atoms with Crippen LogP contribution in [0.2, 0.25) is 0 Å². The minimum Gasteiger partial charge on any atom is -0.480 e. The van der Waals surface area contributed by atoms with Crippen LogP contribution >= 0.6 is 0 Å². The summed E-state index contributed by atoms with van der Waals surface area (Å²) in [5, 5.41) is 19.9. The van der Waals surface area contributed by atoms with Gasteiger partial charge in [0.25, 0.3) is 0 Å². The van der Waals surface area contributed by atoms with E-state index in [2.05, 4.69) is 9.97 Å². The van der Waals surface area contributed by atoms with Crippen LogP contribution in [0.15, 0.2) is 18.6 Å². The van der Waals surface area contributed by atoms with Crippen molar-refractivity contribution in [3.8, 4) is 5.88 Å². The summed E-state index contributed by atoms with van der Waals surface area (Å²) in [7, 11) is 1.54. The van der Waals surface area contributed by atoms with Crippen LogP contribution < -0.4 is 4.74 Å². The second-order valence-electron chi connectivity index (χ2n) is 4.48. The lowest BCUT2D eigenvalue weighted by molar-refractivity contribution is -0.0484. The van der Waals surface area contributed by atoms with Crippen LogP contribution in [0, 0.1) is 0 Å². The first-order chi connectivity index (χ1) is 9.24. The number of hydrogen-bond donors (Lipinski definition) is 2. The third-order valence-corrected chi connectivity index (χ3v) is 3.31. The van der Waals surface area contributed by atoms with E-state index in [1.54, 1.807) is 17.9 Å². The number of ether oxygens (including phenoxy) is 2. The largest absolute Gasteiger partial charge is 0.480 e. The van der Waals surface area contributed by atoms with E-state index in [4.69, 9.17) is 14.6 Å². The smallest absolute Gasteiger partial charge is 0.225 e. The molecule has 0 spiro atoms. The second-order valence-corrected chi connectivity index (χ2v) is 4.48. The average Bonchev–Trinajstić information content (AvgIpc) is 3.01. The van der Waals surface area contributed by atoms with E-state index in [1.807, 2.05) is 6.07 Å². The minimum absolute atomic E-state index is 0.106. The van der Waals surface area contributed by atoms with Gasteiger partial charge < -0.3 is 24.3 Å². The van der Waals surface area contributed by atoms with E-state index < -0.39 is 12.3 Å². The van der Waals surface area contributed by atoms with Gasteiger partial charge >= 0.3 is 0 Å². The molecule has 1 saturated heterocycles. The lowest BCUT2D eigenvalue weighted by atomic mass is 10.2. The fourth-order valence-corrected chi connectivity index (χ4v) is 2.41. The molecule has 2 aromatic heterocycles. The van der Waals surface area contributed by atoms with Crippen LogP contribution in [0.1, 0.15) is 12.6 Å². The number of methoxy groups -OCH3 is 1. The molecule has 1 aliphatic rings. The van der Waals surface area contributed by atoms with Crippen molar-refractivity contribution in [3.05, 3.63) is 18.6 Å². The highest BCUT2D eigenvalue weighted by Crippen LogP contribution is 2.32. The van der Waals surface area contributed by atoms with Crippen molar-refractivity contribution in [3.63, 3.8) is 0 Å². The van der Waals surface area contributed by atoms with Gasteiger partial charge in [0.2, 0.25) is 5.88 Å². The predicted octanol–water partition coefficient (Wildman–Crippen LogP) is 0.0806. The van der Waals surface area contributed by atoms with E-state index in [9.17, 15) is 5.11 Å². The standard InChI is InChI=1S/C12H15N3O4/c1-18-11-8-2-3-15(10(8)13-6-14-11)12-9(17)4-7(5-16)19-12/h2-3,6-7,9,12,16-17H,4-5H2,1H3/t7-,9-,12+/m0/s1. The lowest BCUT2D eigenvalue weighted by Gasteiger charge is -2.17. The number of aliphatic hydroxyl groups is 2. The van der Waals surface area contributed by atoms with Crippen molar-refractivity contribution in [2.45, 2.75) is 24.9 Å². The van der Waals surface area contributed by atoms with Crippen LogP contribution in [0.4, 0.5) is 0 Å². The molecule has 0 saturated carbocycles. The summed E-state index contributed by atoms with van der Waals surface area (Å²) in [6, 6.07) is 1.82. The highest BCUT2D eigenvalue weighted by atomic mass is 16.5. The first-order valence-corrected chi connectivity index (χ1v) is 6.04. The van der Waals surface area contributed by atoms with Gasteiger partial charge in [-0.2, -0.15) is 0 Å². The summed E-state index contributed by atoms with van der Waals surface area (Å²) < 4.78 is 12.5. The summed E-state index contributed by atoms with van der Waals surface area (Å²) in [4.78, 5) is 8.22. The zero-order chi connectivity index (χ0) is 13.4. The van der Waals surface area contributed by atoms with E-state index >= 15 is 0 Å². The fourth-order valence-electron chi connectivity index (χ4n) is 2.41. The number of fused-ring (bicyclic) bond motifs is 1. The summed E-state index contributed by atoms with van der Waals surface area (Å²) in [6.07, 6.45) is 2.02. The quantitative estimate of drug-likeness (QED) is 0.817. The predicted molar refractivity (Wildman–Crippen MR) is 65.7 cm³/mol. The molecular weight excluding hydrogens is 250 g/mol. The molecule has 102 valence electrons. The van der Waals surface area contributed by atoms with Gasteiger partial charge in [0.05, 0.1) is 25.2 Å². The van der Waals surface area contributed by atoms with Crippen LogP contribution in [0.3, 0.4) is 0 Å². The molecule has 7 nitrogen and oxygen atoms in total. The number of nitrogens with zero attached hydrogens (tertiary/aromatic N) is 3. The molecule has 2 N–H and O–H groups in total. The van der Waals surface area contributed by atoms with Gasteiger partial charge in [0.1, 0.15) is 18.1 Å². The van der Waals surface area contributed by atoms with Crippen LogP contribution in [0.25, 0.3) is 11.0 Å². The van der Waals surface area contributed by atoms with Crippen molar-refractivity contribution in [1.29, 1.82) is 0 Å². The minimum atomic E-state index is -0.672. The third kappa shape index (κ3) is 1.95. The SMILES string of the molecule is COc1ncnc2c1ccn2[C@@H]1O[C@H](CO)C[C@@H]1O. The Hall–Kier alpha value is -1.70. The first-order valence-electron chi connectivity index (χ1n) is 6.04. The van der Waals surface area contributed by atoms with E-state index in [-0.39, 0.29) is 12.7 Å². The van der Waals surface area contributed by atoms with Gasteiger partial charge in [0.15, 0.2) is 6.23 Å². The van der Waals surface area contributed by atoms with Crippen molar-refractivity contribution < 1.29 is 19.7 Å². The van der Waals surface area contributed by atoms with Crippen molar-refractivity contribution in [2.75, 3.05) is 13.7 Å². The summed E-state index contributed by atoms with van der Waals surface area (Å²) >= 11 is 0. The van der Waals surface area contributed by atoms with E-state index in [1.165, 1.54) is 6.33 Å². The molecular formula is C12H15N3O4. The highest BCUT2D eigenvalue weighted by Gasteiger charge is 2.35. The Kier molecular flexibility index (Phi) is 3.09. The molecule has 3 heterocycles. The van der Waals surface area contributed by atoms with Crippen molar-refractivity contribution >= 4 is 11.0 Å². The number of rotatable bonds is 3. The van der Waals surface area contributed by atoms with Crippen LogP contribution in [-0.2, 0) is 4.74 Å². The molecule has 2 aromatic rings. The van der Waals surface area contributed by atoms with E-state index in [0.717, 1.165) is 5.39 Å². The molecule has 1 fully saturated rings. The van der Waals surface area contributed by atoms with Gasteiger partial charge in [0, 0.05) is 12.6 Å². The first kappa shape index (κ1) is 12.3. The Bertz CT molecular complexity index is 585. The van der Waals surface area contributed by atoms with Crippen molar-refractivity contribution in [2.24, 2.45) is 0 Å². The molecule has 0 aromatic carbocycles. The Morgan fingerprint density at radius 1 is 1.53 bits per heavy atom. The Balaban J connectivity index is 2.02. The van der Waals surface area contributed by atoms with Gasteiger partial charge in [-0.3, -0.25) is 0 Å². The topological polar surface area (TPSA) is 89.6 Å². The fraction of sp³-hybridized carbons (Fsp3) is 0.500. The second kappa shape index (κ2) is 4.76. The third-order valence-electron chi connectivity index (χ3n) is 3.31. The summed E-state index contributed by atoms with van der Waals surface area (Å²) in [5.41, 5.74) is 0.634. The molecule has 7 heteroatoms. The summed E-state index contributed by atoms with van der Waals surface area (Å²) in [5.74, 6) is 0.481. The summed E-state index contributed by atoms with van der Waals surface area (Å²) in [6.45, 7) is -0.106. The molecule has 0 bridgehead atoms. The molecule has 0 radical (unpaired) electrons. The monoisotopic (exact) mass is 265 g/mol. The maximum atomic E-state index is 10.0. The maximum Gasteiger partial charge on any atom is 0.225 e. The molecule has 0 amide bonds. The lowest BCUT2D eigenvalue weighted by Crippen LogP contribution is -2.19. The van der Waals surface area contributed by atoms with Gasteiger partial charge in [-0.15, -0.1) is 0 Å². The number of aliphatic hydroxyl groups excluding tert-OH is 2. The molecule has 1 aliphatic heterocycles. The maximum absolute atomic E-state index is 10.0. The zero-order valence-electron chi connectivity index (χ0n) is 10.4. The Labute approximate surface area is 109 Å². The number of hydrogen-bond acceptors (Lipinski definition) is 6. The molecule has 0 unspecified atom stereocenters. The normalized spacial score (nSPS) is 27.0. The van der Waals surface area contributed by atoms with Crippen LogP contribution in [-0.4, -0.2) is 50.7 Å². The van der Waals surface area contributed by atoms with Crippen molar-refractivity contribution in [1.82, 2.24) is 14.5 Å². The Morgan fingerprint density at radius 3 is 3.05 bits per heavy atom. The van der Waals surface area contributed by atoms with Gasteiger partial charge in [-0.25, -0.2) is 9.97 Å². The molecule has 3 atom stereocenters. The van der Waals surface area contributed by atoms with E-state index in [0.29, 0.717) is 17.9 Å². The molecule has 19 heavy (non-hydrogen) atoms. The highest BCUT2D eigenvalue weighted by molar-refractivity contribution is 5.81. The molecule has 3 rings (SSSR count). The van der Waals surface area contributed by atoms with Crippen LogP contribution in [0.5, 0.6) is 5.88 Å². The average molecular weight is 265 g/mol. The van der Waals surface area contributed by atoms with Gasteiger partial charge in [-0.1, -0.05) is 0 Å². The number of aromatic nitrogens is 3. The molecule has 0 aliphatic carbocycles. The Morgan fingerprint density at radius 2 is 2.37 bits per heavy atom. The zero-order valence-corrected chi connectivity index (χ0v) is 10.4.